The van der Waals surface area contributed by atoms with Crippen LogP contribution in [-0.2, 0) is 42.7 Å². The lowest BCUT2D eigenvalue weighted by molar-refractivity contribution is -0.393. The van der Waals surface area contributed by atoms with Gasteiger partial charge in [-0.3, -0.25) is 9.59 Å². The van der Waals surface area contributed by atoms with Crippen LogP contribution in [0, 0.1) is 28.6 Å². The lowest BCUT2D eigenvalue weighted by atomic mass is 9.46. The monoisotopic (exact) mass is 812 g/mol. The number of carbonyl (C=O) groups excluding carboxylic acids is 2. The van der Waals surface area contributed by atoms with E-state index in [-0.39, 0.29) is 35.4 Å². The fourth-order valence-corrected chi connectivity index (χ4v) is 11.1. The summed E-state index contributed by atoms with van der Waals surface area (Å²) in [5.41, 5.74) is 0.979. The van der Waals surface area contributed by atoms with Crippen LogP contribution < -0.4 is 0 Å². The van der Waals surface area contributed by atoms with Crippen LogP contribution in [0.25, 0.3) is 0 Å². The highest BCUT2D eigenvalue weighted by Gasteiger charge is 2.62. The summed E-state index contributed by atoms with van der Waals surface area (Å²) in [7, 11) is 0. The SMILES string of the molecule is CC(=O)OC[C@H]1O[C@@H](O[C@@H]2C[C@H](O)CC3=CC[C@@H]4[C@H](CC[C@]5(C)C(C(C)=O)=CC[C@@H]45)[C@]32C)[C@H](O[C@@H]2O[C@@H](C)[C@H](O)[C@@H](O)[C@H]2O)[C@@H](O[C@@H]2OC[C@@H](O)[C@H](O)[C@H]2O)[C@@H]1O. The molecule has 4 aliphatic carbocycles. The van der Waals surface area contributed by atoms with Gasteiger partial charge in [-0.25, -0.2) is 0 Å². The zero-order chi connectivity index (χ0) is 41.3. The summed E-state index contributed by atoms with van der Waals surface area (Å²) < 4.78 is 42.4. The molecule has 0 bridgehead atoms. The molecule has 17 heteroatoms. The molecule has 7 rings (SSSR count). The second-order valence-electron chi connectivity index (χ2n) is 17.7. The minimum atomic E-state index is -1.80. The Morgan fingerprint density at radius 3 is 2.19 bits per heavy atom. The number of Topliss-reactive ketones (excluding diaryl/α,β-unsaturated/α-hetero) is 1. The molecule has 0 spiro atoms. The predicted molar refractivity (Wildman–Crippen MR) is 193 cm³/mol. The summed E-state index contributed by atoms with van der Waals surface area (Å²) in [6.45, 7) is 7.66. The maximum Gasteiger partial charge on any atom is 0.302 e. The molecule has 2 saturated carbocycles. The minimum Gasteiger partial charge on any atom is -0.463 e. The second kappa shape index (κ2) is 16.5. The van der Waals surface area contributed by atoms with E-state index in [1.807, 2.05) is 0 Å². The summed E-state index contributed by atoms with van der Waals surface area (Å²) in [6.07, 6.45) is -15.5. The summed E-state index contributed by atoms with van der Waals surface area (Å²) >= 11 is 0. The van der Waals surface area contributed by atoms with Gasteiger partial charge in [-0.2, -0.15) is 0 Å². The molecule has 0 amide bonds. The molecule has 17 nitrogen and oxygen atoms in total. The van der Waals surface area contributed by atoms with Crippen LogP contribution in [0.1, 0.15) is 73.1 Å². The molecule has 3 heterocycles. The quantitative estimate of drug-likeness (QED) is 0.104. The van der Waals surface area contributed by atoms with Crippen molar-refractivity contribution in [3.63, 3.8) is 0 Å². The van der Waals surface area contributed by atoms with Crippen LogP contribution in [0.5, 0.6) is 0 Å². The molecule has 3 saturated heterocycles. The van der Waals surface area contributed by atoms with E-state index in [1.165, 1.54) is 13.8 Å². The number of ether oxygens (including phenoxy) is 7. The van der Waals surface area contributed by atoms with Gasteiger partial charge >= 0.3 is 5.97 Å². The van der Waals surface area contributed by atoms with Gasteiger partial charge in [0.05, 0.1) is 24.9 Å². The van der Waals surface area contributed by atoms with Gasteiger partial charge in [0.1, 0.15) is 67.6 Å². The topological polar surface area (TPSA) is 261 Å². The molecule has 57 heavy (non-hydrogen) atoms. The summed E-state index contributed by atoms with van der Waals surface area (Å²) in [5, 5.41) is 86.8. The first kappa shape index (κ1) is 43.2. The highest BCUT2D eigenvalue weighted by atomic mass is 16.8. The molecule has 0 aromatic carbocycles. The number of hydrogen-bond acceptors (Lipinski definition) is 17. The van der Waals surface area contributed by atoms with Crippen molar-refractivity contribution in [2.75, 3.05) is 13.2 Å². The van der Waals surface area contributed by atoms with Crippen molar-refractivity contribution in [2.24, 2.45) is 28.6 Å². The number of rotatable bonds is 9. The molecule has 0 radical (unpaired) electrons. The van der Waals surface area contributed by atoms with Crippen molar-refractivity contribution in [1.29, 1.82) is 0 Å². The highest BCUT2D eigenvalue weighted by Crippen LogP contribution is 2.65. The van der Waals surface area contributed by atoms with Crippen molar-refractivity contribution >= 4 is 11.8 Å². The summed E-state index contributed by atoms with van der Waals surface area (Å²) in [6, 6.07) is 0. The third-order valence-corrected chi connectivity index (χ3v) is 14.3. The molecule has 322 valence electrons. The Balaban J connectivity index is 1.25. The Bertz CT molecular complexity index is 1550. The molecule has 0 unspecified atom stereocenters. The van der Waals surface area contributed by atoms with Gasteiger partial charge in [-0.15, -0.1) is 0 Å². The van der Waals surface area contributed by atoms with Gasteiger partial charge in [0.15, 0.2) is 24.7 Å². The van der Waals surface area contributed by atoms with Gasteiger partial charge in [0.2, 0.25) is 0 Å². The Labute approximate surface area is 331 Å². The Kier molecular flexibility index (Phi) is 12.5. The highest BCUT2D eigenvalue weighted by molar-refractivity contribution is 5.95. The van der Waals surface area contributed by atoms with Crippen LogP contribution in [0.4, 0.5) is 0 Å². The number of fused-ring (bicyclic) bond motifs is 5. The largest absolute Gasteiger partial charge is 0.463 e. The zero-order valence-corrected chi connectivity index (χ0v) is 33.0. The van der Waals surface area contributed by atoms with Crippen molar-refractivity contribution < 1.29 is 83.6 Å². The number of allylic oxidation sites excluding steroid dienone is 3. The number of ketones is 1. The molecule has 7 aliphatic rings. The third-order valence-electron chi connectivity index (χ3n) is 14.3. The first-order chi connectivity index (χ1) is 26.9. The number of esters is 1. The van der Waals surface area contributed by atoms with E-state index in [4.69, 9.17) is 33.2 Å². The number of aliphatic hydroxyl groups excluding tert-OH is 8. The molecule has 3 aliphatic heterocycles. The molecule has 0 aromatic rings. The Hall–Kier alpha value is -1.94. The van der Waals surface area contributed by atoms with E-state index in [1.54, 1.807) is 6.92 Å². The normalized spacial score (nSPS) is 51.1. The second-order valence-corrected chi connectivity index (χ2v) is 17.7. The zero-order valence-electron chi connectivity index (χ0n) is 33.0. The van der Waals surface area contributed by atoms with Gasteiger partial charge in [0, 0.05) is 18.8 Å². The van der Waals surface area contributed by atoms with Gasteiger partial charge in [0.25, 0.3) is 0 Å². The van der Waals surface area contributed by atoms with Crippen LogP contribution in [-0.4, -0.2) is 164 Å². The van der Waals surface area contributed by atoms with Crippen LogP contribution in [0.2, 0.25) is 0 Å². The van der Waals surface area contributed by atoms with Crippen LogP contribution >= 0.6 is 0 Å². The van der Waals surface area contributed by atoms with Gasteiger partial charge in [-0.1, -0.05) is 31.6 Å². The molecule has 8 N–H and O–H groups in total. The van der Waals surface area contributed by atoms with Crippen molar-refractivity contribution in [3.8, 4) is 0 Å². The fraction of sp³-hybridized carbons (Fsp3) is 0.850. The summed E-state index contributed by atoms with van der Waals surface area (Å²) in [5.74, 6) is -0.114. The molecular formula is C40H60O17. The smallest absolute Gasteiger partial charge is 0.302 e. The molecule has 0 aromatic heterocycles. The average molecular weight is 813 g/mol. The standard InChI is InChI=1S/C40H60O17/c1-16(41)22-8-9-23-21-7-6-19-12-20(43)13-27(40(19,5)24(21)10-11-39(22,23)4)55-38-35(57-37-33(50)31(48)28(45)17(2)53-37)34(30(47)26(54-38)15-51-18(3)42)56-36-32(49)29(46)25(44)14-52-36/h6,8,17,20-21,23-38,43-50H,7,9-15H2,1-5H3/t17-,20+,21-,23-,24-,25+,26+,27+,28-,29-,30+,31+,32+,33+,34-,35+,36-,37-,38-,39+,40-/m0/s1. The fourth-order valence-electron chi connectivity index (χ4n) is 11.1. The minimum absolute atomic E-state index is 0.0740. The van der Waals surface area contributed by atoms with E-state index in [9.17, 15) is 50.4 Å². The first-order valence-electron chi connectivity index (χ1n) is 20.2. The van der Waals surface area contributed by atoms with E-state index < -0.39 is 123 Å². The van der Waals surface area contributed by atoms with E-state index in [0.29, 0.717) is 6.42 Å². The Morgan fingerprint density at radius 2 is 1.49 bits per heavy atom. The molecule has 21 atom stereocenters. The molecule has 5 fully saturated rings. The number of aliphatic hydroxyl groups is 8. The van der Waals surface area contributed by atoms with E-state index in [0.717, 1.165) is 36.8 Å². The maximum absolute atomic E-state index is 12.7. The lowest BCUT2D eigenvalue weighted by Gasteiger charge is -2.60. The van der Waals surface area contributed by atoms with E-state index in [2.05, 4.69) is 26.0 Å². The Morgan fingerprint density at radius 1 is 0.789 bits per heavy atom. The molecular weight excluding hydrogens is 752 g/mol. The first-order valence-corrected chi connectivity index (χ1v) is 20.2. The van der Waals surface area contributed by atoms with Crippen molar-refractivity contribution in [3.05, 3.63) is 23.3 Å². The predicted octanol–water partition coefficient (Wildman–Crippen LogP) is -0.884. The van der Waals surface area contributed by atoms with Crippen molar-refractivity contribution in [1.82, 2.24) is 0 Å². The van der Waals surface area contributed by atoms with Crippen LogP contribution in [0.3, 0.4) is 0 Å². The van der Waals surface area contributed by atoms with Crippen molar-refractivity contribution in [2.45, 2.75) is 171 Å². The number of hydrogen-bond donors (Lipinski definition) is 8. The maximum atomic E-state index is 12.7. The lowest BCUT2D eigenvalue weighted by Crippen LogP contribution is -2.67. The van der Waals surface area contributed by atoms with Crippen LogP contribution in [0.15, 0.2) is 23.3 Å². The number of carbonyl (C=O) groups is 2. The van der Waals surface area contributed by atoms with Gasteiger partial charge in [-0.05, 0) is 74.7 Å². The summed E-state index contributed by atoms with van der Waals surface area (Å²) in [4.78, 5) is 24.7. The van der Waals surface area contributed by atoms with Gasteiger partial charge < -0.3 is 74.0 Å². The van der Waals surface area contributed by atoms with E-state index >= 15 is 0 Å². The average Bonchev–Trinajstić information content (AvgIpc) is 3.52. The third kappa shape index (κ3) is 7.69.